The van der Waals surface area contributed by atoms with E-state index < -0.39 is 28.4 Å². The van der Waals surface area contributed by atoms with Crippen LogP contribution in [0.1, 0.15) is 24.8 Å². The summed E-state index contributed by atoms with van der Waals surface area (Å²) in [7, 11) is 0. The highest BCUT2D eigenvalue weighted by Gasteiger charge is 2.33. The van der Waals surface area contributed by atoms with Crippen LogP contribution in [0, 0.1) is 10.1 Å². The van der Waals surface area contributed by atoms with Crippen molar-refractivity contribution in [1.82, 2.24) is 15.3 Å². The van der Waals surface area contributed by atoms with Crippen molar-refractivity contribution in [2.24, 2.45) is 0 Å². The molecule has 1 saturated heterocycles. The predicted molar refractivity (Wildman–Crippen MR) is 107 cm³/mol. The van der Waals surface area contributed by atoms with Crippen molar-refractivity contribution in [2.75, 3.05) is 29.9 Å². The maximum Gasteiger partial charge on any atom is 0.416 e. The molecular formula is C19H21F3N6O3. The average Bonchev–Trinajstić information content (AvgIpc) is 2.76. The molecule has 0 saturated carbocycles. The molecule has 1 aliphatic heterocycles. The Hall–Kier alpha value is -3.44. The first kappa shape index (κ1) is 22.2. The van der Waals surface area contributed by atoms with Gasteiger partial charge in [0.1, 0.15) is 11.7 Å². The molecule has 0 unspecified atom stereocenters. The van der Waals surface area contributed by atoms with Gasteiger partial charge in [-0.1, -0.05) is 0 Å². The van der Waals surface area contributed by atoms with E-state index in [4.69, 9.17) is 0 Å². The van der Waals surface area contributed by atoms with Crippen LogP contribution >= 0.6 is 0 Å². The first-order chi connectivity index (χ1) is 14.8. The van der Waals surface area contributed by atoms with E-state index in [1.165, 1.54) is 0 Å². The Morgan fingerprint density at radius 2 is 1.97 bits per heavy atom. The number of nitro groups is 1. The lowest BCUT2D eigenvalue weighted by Gasteiger charge is -2.34. The number of nitrogens with one attached hydrogen (secondary N) is 2. The van der Waals surface area contributed by atoms with Gasteiger partial charge in [-0.05, 0) is 37.5 Å². The van der Waals surface area contributed by atoms with Crippen molar-refractivity contribution in [2.45, 2.75) is 31.5 Å². The summed E-state index contributed by atoms with van der Waals surface area (Å²) in [5.74, 6) is 0.247. The molecule has 1 aromatic carbocycles. The zero-order valence-electron chi connectivity index (χ0n) is 16.4. The molecule has 3 rings (SSSR count). The van der Waals surface area contributed by atoms with Crippen LogP contribution < -0.4 is 15.5 Å². The first-order valence-corrected chi connectivity index (χ1v) is 9.68. The highest BCUT2D eigenvalue weighted by Crippen LogP contribution is 2.34. The number of aromatic nitrogens is 2. The molecule has 1 fully saturated rings. The molecular weight excluding hydrogens is 417 g/mol. The number of piperidine rings is 1. The monoisotopic (exact) mass is 438 g/mol. The highest BCUT2D eigenvalue weighted by atomic mass is 19.4. The number of carbonyl (C=O) groups excluding carboxylic acids is 1. The largest absolute Gasteiger partial charge is 0.416 e. The van der Waals surface area contributed by atoms with Crippen molar-refractivity contribution in [3.05, 3.63) is 52.3 Å². The van der Waals surface area contributed by atoms with E-state index in [0.29, 0.717) is 25.0 Å². The van der Waals surface area contributed by atoms with Gasteiger partial charge in [0.25, 0.3) is 5.69 Å². The number of halogens is 3. The number of anilines is 2. The predicted octanol–water partition coefficient (Wildman–Crippen LogP) is 2.99. The van der Waals surface area contributed by atoms with Gasteiger partial charge in [-0.3, -0.25) is 14.9 Å². The van der Waals surface area contributed by atoms with Gasteiger partial charge in [0, 0.05) is 38.1 Å². The molecule has 0 aliphatic carbocycles. The van der Waals surface area contributed by atoms with Crippen LogP contribution in [-0.2, 0) is 11.0 Å². The molecule has 1 atom stereocenters. The third kappa shape index (κ3) is 5.58. The Kier molecular flexibility index (Phi) is 6.88. The van der Waals surface area contributed by atoms with Crippen LogP contribution in [0.5, 0.6) is 0 Å². The van der Waals surface area contributed by atoms with E-state index in [-0.39, 0.29) is 24.7 Å². The topological polar surface area (TPSA) is 113 Å². The van der Waals surface area contributed by atoms with Crippen LogP contribution in [0.25, 0.3) is 0 Å². The molecule has 0 spiro atoms. The summed E-state index contributed by atoms with van der Waals surface area (Å²) in [6, 6.07) is 3.53. The average molecular weight is 438 g/mol. The van der Waals surface area contributed by atoms with Crippen LogP contribution in [0.15, 0.2) is 36.7 Å². The van der Waals surface area contributed by atoms with Gasteiger partial charge in [-0.2, -0.15) is 13.2 Å². The van der Waals surface area contributed by atoms with Crippen LogP contribution in [0.2, 0.25) is 0 Å². The fourth-order valence-corrected chi connectivity index (χ4v) is 3.39. The fourth-order valence-electron chi connectivity index (χ4n) is 3.39. The van der Waals surface area contributed by atoms with E-state index in [2.05, 4.69) is 20.6 Å². The standard InChI is InChI=1S/C19H21F3N6O3/c20-19(21,22)13-5-6-14(16(12-13)28(30)31)23-9-10-24-17(29)15-4-1-2-11-27(15)18-25-7-3-8-26-18/h3,5-8,12,15,23H,1-2,4,9-11H2,(H,24,29)/t15-/m0/s1. The maximum absolute atomic E-state index is 12.8. The number of nitrogens with zero attached hydrogens (tertiary/aromatic N) is 4. The number of amides is 1. The Labute approximate surface area is 175 Å². The molecule has 31 heavy (non-hydrogen) atoms. The van der Waals surface area contributed by atoms with E-state index in [1.54, 1.807) is 18.5 Å². The van der Waals surface area contributed by atoms with Crippen LogP contribution in [0.4, 0.5) is 30.5 Å². The molecule has 1 aliphatic rings. The molecule has 2 aromatic rings. The van der Waals surface area contributed by atoms with Gasteiger partial charge in [0.05, 0.1) is 10.5 Å². The lowest BCUT2D eigenvalue weighted by atomic mass is 10.0. The Morgan fingerprint density at radius 3 is 2.65 bits per heavy atom. The highest BCUT2D eigenvalue weighted by molar-refractivity contribution is 5.85. The second-order valence-corrected chi connectivity index (χ2v) is 6.96. The molecule has 166 valence electrons. The number of alkyl halides is 3. The van der Waals surface area contributed by atoms with E-state index in [0.717, 1.165) is 25.0 Å². The minimum Gasteiger partial charge on any atom is -0.378 e. The summed E-state index contributed by atoms with van der Waals surface area (Å²) < 4.78 is 38.4. The van der Waals surface area contributed by atoms with E-state index in [9.17, 15) is 28.1 Å². The van der Waals surface area contributed by atoms with Crippen LogP contribution in [0.3, 0.4) is 0 Å². The van der Waals surface area contributed by atoms with Gasteiger partial charge in [0.2, 0.25) is 11.9 Å². The number of benzene rings is 1. The number of hydrogen-bond donors (Lipinski definition) is 2. The smallest absolute Gasteiger partial charge is 0.378 e. The summed E-state index contributed by atoms with van der Waals surface area (Å²) in [5.41, 5.74) is -1.83. The van der Waals surface area contributed by atoms with Crippen molar-refractivity contribution in [3.8, 4) is 0 Å². The Balaban J connectivity index is 1.58. The normalized spacial score (nSPS) is 16.6. The lowest BCUT2D eigenvalue weighted by molar-refractivity contribution is -0.384. The Bertz CT molecular complexity index is 926. The summed E-state index contributed by atoms with van der Waals surface area (Å²) in [6.07, 6.45) is 0.978. The quantitative estimate of drug-likeness (QED) is 0.388. The van der Waals surface area contributed by atoms with Gasteiger partial charge < -0.3 is 15.5 Å². The molecule has 2 N–H and O–H groups in total. The third-order valence-electron chi connectivity index (χ3n) is 4.88. The summed E-state index contributed by atoms with van der Waals surface area (Å²) in [6.45, 7) is 0.890. The number of nitro benzene ring substituents is 1. The van der Waals surface area contributed by atoms with E-state index in [1.807, 2.05) is 4.90 Å². The van der Waals surface area contributed by atoms with Gasteiger partial charge in [-0.15, -0.1) is 0 Å². The Morgan fingerprint density at radius 1 is 1.23 bits per heavy atom. The number of rotatable bonds is 7. The molecule has 1 aromatic heterocycles. The first-order valence-electron chi connectivity index (χ1n) is 9.68. The minimum absolute atomic E-state index is 0.0516. The lowest BCUT2D eigenvalue weighted by Crippen LogP contribution is -2.51. The van der Waals surface area contributed by atoms with Gasteiger partial charge in [-0.25, -0.2) is 9.97 Å². The number of carbonyl (C=O) groups is 1. The SMILES string of the molecule is O=C(NCCNc1ccc(C(F)(F)F)cc1[N+](=O)[O-])[C@@H]1CCCCN1c1ncccn1. The molecule has 0 radical (unpaired) electrons. The second-order valence-electron chi connectivity index (χ2n) is 6.96. The minimum atomic E-state index is -4.67. The molecule has 1 amide bonds. The zero-order chi connectivity index (χ0) is 22.4. The van der Waals surface area contributed by atoms with Crippen molar-refractivity contribution >= 4 is 23.2 Å². The maximum atomic E-state index is 12.8. The summed E-state index contributed by atoms with van der Waals surface area (Å²) in [5, 5.41) is 16.6. The third-order valence-corrected chi connectivity index (χ3v) is 4.88. The molecule has 2 heterocycles. The second kappa shape index (κ2) is 9.58. The molecule has 9 nitrogen and oxygen atoms in total. The molecule has 0 bridgehead atoms. The molecule has 12 heteroatoms. The zero-order valence-corrected chi connectivity index (χ0v) is 16.4. The van der Waals surface area contributed by atoms with Crippen molar-refractivity contribution in [3.63, 3.8) is 0 Å². The van der Waals surface area contributed by atoms with E-state index >= 15 is 0 Å². The fraction of sp³-hybridized carbons (Fsp3) is 0.421. The van der Waals surface area contributed by atoms with Crippen molar-refractivity contribution < 1.29 is 22.9 Å². The number of hydrogen-bond acceptors (Lipinski definition) is 7. The van der Waals surface area contributed by atoms with Gasteiger partial charge in [0.15, 0.2) is 0 Å². The summed E-state index contributed by atoms with van der Waals surface area (Å²) in [4.78, 5) is 33.1. The van der Waals surface area contributed by atoms with Gasteiger partial charge >= 0.3 is 6.18 Å². The van der Waals surface area contributed by atoms with Crippen molar-refractivity contribution in [1.29, 1.82) is 0 Å². The van der Waals surface area contributed by atoms with Crippen LogP contribution in [-0.4, -0.2) is 46.5 Å². The summed E-state index contributed by atoms with van der Waals surface area (Å²) >= 11 is 0.